The summed E-state index contributed by atoms with van der Waals surface area (Å²) < 4.78 is 27.4. The molecule has 6 nitrogen and oxygen atoms in total. The zero-order valence-corrected chi connectivity index (χ0v) is 12.6. The molecule has 0 bridgehead atoms. The summed E-state index contributed by atoms with van der Waals surface area (Å²) in [4.78, 5) is 4.03. The molecule has 1 heterocycles. The van der Waals surface area contributed by atoms with Crippen molar-refractivity contribution in [2.45, 2.75) is 13.8 Å². The van der Waals surface area contributed by atoms with E-state index in [1.54, 1.807) is 26.0 Å². The Morgan fingerprint density at radius 3 is 2.60 bits per heavy atom. The molecule has 0 aliphatic heterocycles. The SMILES string of the molecule is CCN(CC)S(=O)(=O)n1c(C#N)nc2ccc(Cl)cc21. The fourth-order valence-electron chi connectivity index (χ4n) is 2.00. The zero-order chi connectivity index (χ0) is 14.9. The Morgan fingerprint density at radius 1 is 1.40 bits per heavy atom. The predicted octanol–water partition coefficient (Wildman–Crippen LogP) is 2.00. The molecule has 0 aliphatic rings. The summed E-state index contributed by atoms with van der Waals surface area (Å²) in [5.74, 6) is -0.172. The summed E-state index contributed by atoms with van der Waals surface area (Å²) in [7, 11) is -3.84. The van der Waals surface area contributed by atoms with Crippen molar-refractivity contribution in [3.05, 3.63) is 29.0 Å². The molecule has 1 aromatic carbocycles. The van der Waals surface area contributed by atoms with Crippen LogP contribution in [0.3, 0.4) is 0 Å². The summed E-state index contributed by atoms with van der Waals surface area (Å²) in [5, 5.41) is 9.52. The van der Waals surface area contributed by atoms with Crippen LogP contribution in [0, 0.1) is 11.3 Å². The van der Waals surface area contributed by atoms with E-state index in [0.29, 0.717) is 29.1 Å². The minimum Gasteiger partial charge on any atom is -0.218 e. The molecular formula is C12H13ClN4O2S. The Labute approximate surface area is 122 Å². The highest BCUT2D eigenvalue weighted by molar-refractivity contribution is 7.87. The third-order valence-corrected chi connectivity index (χ3v) is 5.17. The zero-order valence-electron chi connectivity index (χ0n) is 11.0. The molecule has 0 fully saturated rings. The first-order valence-electron chi connectivity index (χ1n) is 6.04. The maximum absolute atomic E-state index is 12.6. The van der Waals surface area contributed by atoms with Gasteiger partial charge in [-0.25, -0.2) is 4.98 Å². The van der Waals surface area contributed by atoms with E-state index in [-0.39, 0.29) is 5.82 Å². The first kappa shape index (κ1) is 14.8. The Kier molecular flexibility index (Phi) is 3.99. The molecule has 1 aromatic heterocycles. The van der Waals surface area contributed by atoms with Crippen LogP contribution in [0.5, 0.6) is 0 Å². The van der Waals surface area contributed by atoms with Gasteiger partial charge in [-0.3, -0.25) is 0 Å². The summed E-state index contributed by atoms with van der Waals surface area (Å²) in [5.41, 5.74) is 0.725. The van der Waals surface area contributed by atoms with E-state index in [1.165, 1.54) is 10.4 Å². The molecule has 0 amide bonds. The van der Waals surface area contributed by atoms with E-state index >= 15 is 0 Å². The molecule has 0 N–H and O–H groups in total. The number of benzene rings is 1. The van der Waals surface area contributed by atoms with Crippen LogP contribution < -0.4 is 0 Å². The van der Waals surface area contributed by atoms with Gasteiger partial charge in [0.05, 0.1) is 11.0 Å². The van der Waals surface area contributed by atoms with Crippen molar-refractivity contribution in [2.75, 3.05) is 13.1 Å². The molecule has 0 atom stereocenters. The smallest absolute Gasteiger partial charge is 0.218 e. The van der Waals surface area contributed by atoms with Crippen molar-refractivity contribution in [1.29, 1.82) is 5.26 Å². The fraction of sp³-hybridized carbons (Fsp3) is 0.333. The van der Waals surface area contributed by atoms with E-state index in [4.69, 9.17) is 16.9 Å². The third-order valence-electron chi connectivity index (χ3n) is 2.94. The topological polar surface area (TPSA) is 79.0 Å². The van der Waals surface area contributed by atoms with Crippen LogP contribution >= 0.6 is 11.6 Å². The Hall–Kier alpha value is -1.62. The molecule has 0 unspecified atom stereocenters. The van der Waals surface area contributed by atoms with Crippen LogP contribution in [0.15, 0.2) is 18.2 Å². The number of imidazole rings is 1. The Balaban J connectivity index is 2.82. The van der Waals surface area contributed by atoms with Gasteiger partial charge in [0.25, 0.3) is 0 Å². The second-order valence-corrected chi connectivity index (χ2v) is 6.25. The van der Waals surface area contributed by atoms with Gasteiger partial charge >= 0.3 is 10.2 Å². The van der Waals surface area contributed by atoms with Crippen molar-refractivity contribution >= 4 is 32.8 Å². The van der Waals surface area contributed by atoms with Crippen LogP contribution in [0.25, 0.3) is 11.0 Å². The van der Waals surface area contributed by atoms with Gasteiger partial charge in [0.1, 0.15) is 6.07 Å². The molecule has 2 aromatic rings. The largest absolute Gasteiger partial charge is 0.310 e. The normalized spacial score (nSPS) is 11.9. The minimum atomic E-state index is -3.84. The standard InChI is InChI=1S/C12H13ClN4O2S/c1-3-16(4-2)20(18,19)17-11-7-9(13)5-6-10(11)15-12(17)8-14/h5-7H,3-4H2,1-2H3. The average Bonchev–Trinajstić information content (AvgIpc) is 2.78. The minimum absolute atomic E-state index is 0.172. The van der Waals surface area contributed by atoms with Crippen LogP contribution in [-0.2, 0) is 10.2 Å². The van der Waals surface area contributed by atoms with Gasteiger partial charge < -0.3 is 0 Å². The van der Waals surface area contributed by atoms with Crippen molar-refractivity contribution < 1.29 is 8.42 Å². The van der Waals surface area contributed by atoms with E-state index in [9.17, 15) is 8.42 Å². The lowest BCUT2D eigenvalue weighted by atomic mass is 10.3. The van der Waals surface area contributed by atoms with E-state index < -0.39 is 10.2 Å². The second kappa shape index (κ2) is 5.40. The van der Waals surface area contributed by atoms with Crippen molar-refractivity contribution in [3.63, 3.8) is 0 Å². The Morgan fingerprint density at radius 2 is 2.05 bits per heavy atom. The van der Waals surface area contributed by atoms with Gasteiger partial charge in [-0.05, 0) is 18.2 Å². The first-order valence-corrected chi connectivity index (χ1v) is 7.82. The maximum atomic E-state index is 12.6. The van der Waals surface area contributed by atoms with Crippen LogP contribution in [-0.4, -0.2) is 34.8 Å². The number of nitriles is 1. The molecule has 106 valence electrons. The van der Waals surface area contributed by atoms with E-state index in [1.807, 2.05) is 6.07 Å². The highest BCUT2D eigenvalue weighted by Gasteiger charge is 2.27. The summed E-state index contributed by atoms with van der Waals surface area (Å²) >= 11 is 5.91. The highest BCUT2D eigenvalue weighted by Crippen LogP contribution is 2.23. The maximum Gasteiger partial charge on any atom is 0.310 e. The second-order valence-electron chi connectivity index (χ2n) is 4.04. The van der Waals surface area contributed by atoms with E-state index in [0.717, 1.165) is 3.97 Å². The number of aromatic nitrogens is 2. The summed E-state index contributed by atoms with van der Waals surface area (Å²) in [6.07, 6.45) is 0. The molecule has 20 heavy (non-hydrogen) atoms. The fourth-order valence-corrected chi connectivity index (χ4v) is 3.74. The van der Waals surface area contributed by atoms with Gasteiger partial charge in [-0.15, -0.1) is 0 Å². The molecular weight excluding hydrogens is 300 g/mol. The average molecular weight is 313 g/mol. The first-order chi connectivity index (χ1) is 9.45. The van der Waals surface area contributed by atoms with Crippen molar-refractivity contribution in [2.24, 2.45) is 0 Å². The molecule has 8 heteroatoms. The summed E-state index contributed by atoms with van der Waals surface area (Å²) in [6.45, 7) is 4.09. The van der Waals surface area contributed by atoms with Crippen molar-refractivity contribution in [1.82, 2.24) is 13.3 Å². The number of nitrogens with zero attached hydrogens (tertiary/aromatic N) is 4. The van der Waals surface area contributed by atoms with Gasteiger partial charge in [-0.1, -0.05) is 25.4 Å². The summed E-state index contributed by atoms with van der Waals surface area (Å²) in [6, 6.07) is 6.50. The van der Waals surface area contributed by atoms with Gasteiger partial charge in [-0.2, -0.15) is 22.0 Å². The molecule has 0 saturated carbocycles. The lowest BCUT2D eigenvalue weighted by Gasteiger charge is -2.19. The number of hydrogen-bond donors (Lipinski definition) is 0. The molecule has 0 radical (unpaired) electrons. The quantitative estimate of drug-likeness (QED) is 0.865. The highest BCUT2D eigenvalue weighted by atomic mass is 35.5. The van der Waals surface area contributed by atoms with Crippen LogP contribution in [0.2, 0.25) is 5.02 Å². The van der Waals surface area contributed by atoms with Crippen molar-refractivity contribution in [3.8, 4) is 6.07 Å². The van der Waals surface area contributed by atoms with Crippen LogP contribution in [0.1, 0.15) is 19.7 Å². The number of halogens is 1. The Bertz CT molecular complexity index is 788. The lowest BCUT2D eigenvalue weighted by Crippen LogP contribution is -2.35. The molecule has 0 aliphatic carbocycles. The van der Waals surface area contributed by atoms with Gasteiger partial charge in [0.15, 0.2) is 0 Å². The van der Waals surface area contributed by atoms with Gasteiger partial charge in [0, 0.05) is 18.1 Å². The van der Waals surface area contributed by atoms with Crippen LogP contribution in [0.4, 0.5) is 0 Å². The van der Waals surface area contributed by atoms with Gasteiger partial charge in [0.2, 0.25) is 5.82 Å². The number of rotatable bonds is 4. The monoisotopic (exact) mass is 312 g/mol. The molecule has 2 rings (SSSR count). The third kappa shape index (κ3) is 2.26. The number of fused-ring (bicyclic) bond motifs is 1. The predicted molar refractivity (Wildman–Crippen MR) is 76.7 cm³/mol. The van der Waals surface area contributed by atoms with E-state index in [2.05, 4.69) is 4.98 Å². The molecule has 0 saturated heterocycles. The molecule has 0 spiro atoms. The lowest BCUT2D eigenvalue weighted by molar-refractivity contribution is 0.439. The number of hydrogen-bond acceptors (Lipinski definition) is 4.